The van der Waals surface area contributed by atoms with Crippen molar-refractivity contribution in [2.45, 2.75) is 52.1 Å². The summed E-state index contributed by atoms with van der Waals surface area (Å²) in [4.78, 5) is 2.35. The van der Waals surface area contributed by atoms with Crippen LogP contribution in [0.3, 0.4) is 0 Å². The molecule has 3 nitrogen and oxygen atoms in total. The number of nitrogens with one attached hydrogen (secondary N) is 1. The Morgan fingerprint density at radius 1 is 1.29 bits per heavy atom. The molecule has 0 amide bonds. The van der Waals surface area contributed by atoms with Gasteiger partial charge in [0.2, 0.25) is 0 Å². The molecule has 3 heteroatoms. The van der Waals surface area contributed by atoms with E-state index in [0.717, 1.165) is 26.0 Å². The highest BCUT2D eigenvalue weighted by Crippen LogP contribution is 2.27. The zero-order valence-electron chi connectivity index (χ0n) is 12.8. The van der Waals surface area contributed by atoms with Gasteiger partial charge in [0, 0.05) is 25.3 Å². The van der Waals surface area contributed by atoms with E-state index in [1.54, 1.807) is 7.11 Å². The summed E-state index contributed by atoms with van der Waals surface area (Å²) in [6.07, 6.45) is 2.26. The molecule has 0 rings (SSSR count). The van der Waals surface area contributed by atoms with Gasteiger partial charge >= 0.3 is 0 Å². The molecule has 0 fully saturated rings. The third-order valence-corrected chi connectivity index (χ3v) is 4.18. The molecule has 17 heavy (non-hydrogen) atoms. The fourth-order valence-corrected chi connectivity index (χ4v) is 2.54. The first-order valence-corrected chi connectivity index (χ1v) is 6.83. The van der Waals surface area contributed by atoms with Crippen LogP contribution in [0, 0.1) is 5.92 Å². The zero-order valence-corrected chi connectivity index (χ0v) is 12.8. The second-order valence-corrected chi connectivity index (χ2v) is 5.40. The summed E-state index contributed by atoms with van der Waals surface area (Å²) in [5, 5.41) is 3.67. The van der Waals surface area contributed by atoms with Crippen LogP contribution in [0.4, 0.5) is 0 Å². The quantitative estimate of drug-likeness (QED) is 0.674. The van der Waals surface area contributed by atoms with Gasteiger partial charge in [0.15, 0.2) is 0 Å². The number of hydrogen-bond donors (Lipinski definition) is 1. The summed E-state index contributed by atoms with van der Waals surface area (Å²) in [5.41, 5.74) is 0.198. The zero-order chi connectivity index (χ0) is 13.5. The molecular formula is C14H32N2O. The van der Waals surface area contributed by atoms with Crippen LogP contribution in [0.2, 0.25) is 0 Å². The van der Waals surface area contributed by atoms with Gasteiger partial charge in [-0.15, -0.1) is 0 Å². The fourth-order valence-electron chi connectivity index (χ4n) is 2.54. The van der Waals surface area contributed by atoms with Crippen molar-refractivity contribution < 1.29 is 4.74 Å². The molecule has 0 aliphatic rings. The van der Waals surface area contributed by atoms with Crippen molar-refractivity contribution in [3.8, 4) is 0 Å². The molecule has 0 heterocycles. The van der Waals surface area contributed by atoms with Crippen LogP contribution in [-0.2, 0) is 4.74 Å². The van der Waals surface area contributed by atoms with E-state index in [4.69, 9.17) is 4.74 Å². The summed E-state index contributed by atoms with van der Waals surface area (Å²) in [6.45, 7) is 11.0. The summed E-state index contributed by atoms with van der Waals surface area (Å²) >= 11 is 0. The van der Waals surface area contributed by atoms with Crippen molar-refractivity contribution in [1.29, 1.82) is 0 Å². The average Bonchev–Trinajstić information content (AvgIpc) is 2.31. The first kappa shape index (κ1) is 16.9. The number of likely N-dealkylation sites (N-methyl/N-ethyl adjacent to an activating group) is 2. The van der Waals surface area contributed by atoms with E-state index in [1.165, 1.54) is 0 Å². The first-order chi connectivity index (χ1) is 7.93. The Hall–Kier alpha value is -0.120. The lowest BCUT2D eigenvalue weighted by Gasteiger charge is -2.46. The Morgan fingerprint density at radius 3 is 2.24 bits per heavy atom. The number of methoxy groups -OCH3 is 1. The van der Waals surface area contributed by atoms with Gasteiger partial charge in [-0.2, -0.15) is 0 Å². The largest absolute Gasteiger partial charge is 0.385 e. The molecular weight excluding hydrogens is 212 g/mol. The minimum atomic E-state index is 0.198. The van der Waals surface area contributed by atoms with Crippen LogP contribution in [0.1, 0.15) is 40.5 Å². The Bertz CT molecular complexity index is 197. The van der Waals surface area contributed by atoms with Gasteiger partial charge in [0.1, 0.15) is 0 Å². The first-order valence-electron chi connectivity index (χ1n) is 6.83. The Labute approximate surface area is 108 Å². The summed E-state index contributed by atoms with van der Waals surface area (Å²) in [7, 11) is 6.13. The molecule has 0 aromatic heterocycles. The summed E-state index contributed by atoms with van der Waals surface area (Å²) < 4.78 is 5.21. The Morgan fingerprint density at radius 2 is 1.88 bits per heavy atom. The van der Waals surface area contributed by atoms with E-state index >= 15 is 0 Å². The van der Waals surface area contributed by atoms with Crippen LogP contribution in [0.15, 0.2) is 0 Å². The molecule has 0 aliphatic carbocycles. The molecule has 1 N–H and O–H groups in total. The van der Waals surface area contributed by atoms with Gasteiger partial charge in [-0.25, -0.2) is 0 Å². The van der Waals surface area contributed by atoms with Crippen molar-refractivity contribution in [2.24, 2.45) is 5.92 Å². The molecule has 0 saturated carbocycles. The van der Waals surface area contributed by atoms with E-state index in [-0.39, 0.29) is 5.54 Å². The van der Waals surface area contributed by atoms with E-state index < -0.39 is 0 Å². The maximum Gasteiger partial charge on any atom is 0.0465 e. The van der Waals surface area contributed by atoms with Crippen LogP contribution < -0.4 is 5.32 Å². The summed E-state index contributed by atoms with van der Waals surface area (Å²) in [5.74, 6) is 0.613. The van der Waals surface area contributed by atoms with Crippen molar-refractivity contribution >= 4 is 0 Å². The highest BCUT2D eigenvalue weighted by molar-refractivity contribution is 4.96. The van der Waals surface area contributed by atoms with Gasteiger partial charge in [-0.1, -0.05) is 20.8 Å². The molecule has 0 radical (unpaired) electrons. The molecule has 3 atom stereocenters. The van der Waals surface area contributed by atoms with Crippen molar-refractivity contribution in [3.05, 3.63) is 0 Å². The predicted octanol–water partition coefficient (Wildman–Crippen LogP) is 2.37. The molecule has 0 aromatic rings. The molecule has 0 saturated heterocycles. The van der Waals surface area contributed by atoms with Crippen molar-refractivity contribution in [1.82, 2.24) is 10.2 Å². The minimum Gasteiger partial charge on any atom is -0.385 e. The molecule has 3 unspecified atom stereocenters. The number of hydrogen-bond acceptors (Lipinski definition) is 3. The lowest BCUT2D eigenvalue weighted by atomic mass is 9.79. The van der Waals surface area contributed by atoms with Crippen LogP contribution in [0.25, 0.3) is 0 Å². The van der Waals surface area contributed by atoms with Crippen LogP contribution >= 0.6 is 0 Å². The number of rotatable bonds is 9. The second-order valence-electron chi connectivity index (χ2n) is 5.40. The van der Waals surface area contributed by atoms with E-state index in [0.29, 0.717) is 12.0 Å². The fraction of sp³-hybridized carbons (Fsp3) is 1.00. The van der Waals surface area contributed by atoms with E-state index in [1.807, 2.05) is 0 Å². The lowest BCUT2D eigenvalue weighted by molar-refractivity contribution is 0.0725. The minimum absolute atomic E-state index is 0.198. The Kier molecular flexibility index (Phi) is 8.01. The highest BCUT2D eigenvalue weighted by Gasteiger charge is 2.37. The smallest absolute Gasteiger partial charge is 0.0465 e. The topological polar surface area (TPSA) is 24.5 Å². The maximum absolute atomic E-state index is 5.21. The van der Waals surface area contributed by atoms with Gasteiger partial charge in [0.25, 0.3) is 0 Å². The lowest BCUT2D eigenvalue weighted by Crippen LogP contribution is -2.59. The molecule has 0 spiro atoms. The number of ether oxygens (including phenoxy) is 1. The third-order valence-electron chi connectivity index (χ3n) is 4.18. The second kappa shape index (κ2) is 8.06. The molecule has 0 aromatic carbocycles. The molecule has 104 valence electrons. The average molecular weight is 244 g/mol. The predicted molar refractivity (Wildman–Crippen MR) is 75.5 cm³/mol. The van der Waals surface area contributed by atoms with Gasteiger partial charge in [-0.05, 0) is 46.3 Å². The SMILES string of the molecule is CCNC(C(C)CCOC)C(C)(CC)N(C)C. The molecule has 0 bridgehead atoms. The van der Waals surface area contributed by atoms with Gasteiger partial charge < -0.3 is 15.0 Å². The molecule has 0 aliphatic heterocycles. The van der Waals surface area contributed by atoms with Gasteiger partial charge in [0.05, 0.1) is 0 Å². The third kappa shape index (κ3) is 4.57. The summed E-state index contributed by atoms with van der Waals surface area (Å²) in [6, 6.07) is 0.502. The number of nitrogens with zero attached hydrogens (tertiary/aromatic N) is 1. The van der Waals surface area contributed by atoms with E-state index in [2.05, 4.69) is 52.0 Å². The van der Waals surface area contributed by atoms with Crippen molar-refractivity contribution in [3.63, 3.8) is 0 Å². The van der Waals surface area contributed by atoms with Crippen LogP contribution in [-0.4, -0.2) is 50.8 Å². The monoisotopic (exact) mass is 244 g/mol. The van der Waals surface area contributed by atoms with E-state index in [9.17, 15) is 0 Å². The van der Waals surface area contributed by atoms with Crippen molar-refractivity contribution in [2.75, 3.05) is 34.4 Å². The maximum atomic E-state index is 5.21. The standard InChI is InChI=1S/C14H32N2O/c1-8-14(4,16(5)6)13(15-9-2)12(3)10-11-17-7/h12-13,15H,8-11H2,1-7H3. The van der Waals surface area contributed by atoms with Gasteiger partial charge in [-0.3, -0.25) is 0 Å². The Balaban J connectivity index is 4.79. The normalized spacial score (nSPS) is 19.1. The highest BCUT2D eigenvalue weighted by atomic mass is 16.5. The van der Waals surface area contributed by atoms with Crippen LogP contribution in [0.5, 0.6) is 0 Å².